The van der Waals surface area contributed by atoms with Gasteiger partial charge in [0, 0.05) is 18.6 Å². The molecule has 0 saturated heterocycles. The Morgan fingerprint density at radius 2 is 2.05 bits per heavy atom. The maximum atomic E-state index is 13.1. The first-order valence-corrected chi connectivity index (χ1v) is 5.49. The van der Waals surface area contributed by atoms with Gasteiger partial charge in [-0.15, -0.1) is 0 Å². The van der Waals surface area contributed by atoms with E-state index in [2.05, 4.69) is 5.10 Å². The van der Waals surface area contributed by atoms with E-state index in [1.54, 1.807) is 0 Å². The van der Waals surface area contributed by atoms with Crippen LogP contribution in [0.25, 0.3) is 5.69 Å². The molecule has 0 saturated carbocycles. The molecule has 7 heteroatoms. The number of anilines is 1. The quantitative estimate of drug-likeness (QED) is 0.884. The number of benzene rings is 1. The van der Waals surface area contributed by atoms with Gasteiger partial charge in [0.2, 0.25) is 0 Å². The summed E-state index contributed by atoms with van der Waals surface area (Å²) in [4.78, 5) is 10.5. The lowest BCUT2D eigenvalue weighted by atomic mass is 10.2. The highest BCUT2D eigenvalue weighted by Crippen LogP contribution is 2.17. The number of nitrogen functional groups attached to an aromatic ring is 1. The van der Waals surface area contributed by atoms with E-state index < -0.39 is 17.6 Å². The van der Waals surface area contributed by atoms with Gasteiger partial charge in [0.25, 0.3) is 0 Å². The molecule has 1 aromatic heterocycles. The summed E-state index contributed by atoms with van der Waals surface area (Å²) in [5, 5.41) is 12.6. The van der Waals surface area contributed by atoms with E-state index in [0.29, 0.717) is 5.69 Å². The minimum atomic E-state index is -1.00. The lowest BCUT2D eigenvalue weighted by Crippen LogP contribution is -2.03. The molecule has 1 aromatic carbocycles. The second-order valence-corrected chi connectivity index (χ2v) is 3.96. The van der Waals surface area contributed by atoms with Crippen LogP contribution in [0.15, 0.2) is 24.3 Å². The Balaban J connectivity index is 2.29. The summed E-state index contributed by atoms with van der Waals surface area (Å²) in [5.41, 5.74) is 6.46. The van der Waals surface area contributed by atoms with Crippen molar-refractivity contribution in [3.8, 4) is 5.69 Å². The van der Waals surface area contributed by atoms with Gasteiger partial charge in [-0.25, -0.2) is 13.5 Å². The predicted octanol–water partition coefficient (Wildman–Crippen LogP) is 1.75. The summed E-state index contributed by atoms with van der Waals surface area (Å²) >= 11 is 0. The monoisotopic (exact) mass is 267 g/mol. The Morgan fingerprint density at radius 1 is 1.32 bits per heavy atom. The molecule has 0 unspecified atom stereocenters. The van der Waals surface area contributed by atoms with E-state index in [1.807, 2.05) is 0 Å². The van der Waals surface area contributed by atoms with Crippen molar-refractivity contribution in [2.75, 3.05) is 5.73 Å². The fourth-order valence-electron chi connectivity index (χ4n) is 1.63. The molecule has 0 radical (unpaired) electrons. The molecule has 0 fully saturated rings. The number of hydrogen-bond donors (Lipinski definition) is 2. The van der Waals surface area contributed by atoms with Gasteiger partial charge in [0.15, 0.2) is 11.6 Å². The third-order valence-corrected chi connectivity index (χ3v) is 2.53. The van der Waals surface area contributed by atoms with Gasteiger partial charge in [-0.3, -0.25) is 4.79 Å². The molecule has 0 atom stereocenters. The molecule has 2 rings (SSSR count). The van der Waals surface area contributed by atoms with Gasteiger partial charge < -0.3 is 10.8 Å². The van der Waals surface area contributed by atoms with Crippen molar-refractivity contribution in [2.24, 2.45) is 0 Å². The standard InChI is InChI=1S/C12H11F2N3O2/c13-9-3-2-8(6-10(9)14)17-11(15)5-7(16-17)1-4-12(18)19/h2-3,5-6H,1,4,15H2,(H,18,19). The number of rotatable bonds is 4. The van der Waals surface area contributed by atoms with Crippen molar-refractivity contribution in [3.63, 3.8) is 0 Å². The number of aliphatic carboxylic acids is 1. The minimum Gasteiger partial charge on any atom is -0.481 e. The highest BCUT2D eigenvalue weighted by atomic mass is 19.2. The second kappa shape index (κ2) is 5.05. The average Bonchev–Trinajstić information content (AvgIpc) is 2.72. The fraction of sp³-hybridized carbons (Fsp3) is 0.167. The first-order chi connectivity index (χ1) is 8.97. The molecule has 3 N–H and O–H groups in total. The maximum absolute atomic E-state index is 13.1. The van der Waals surface area contributed by atoms with Crippen molar-refractivity contribution in [1.82, 2.24) is 9.78 Å². The average molecular weight is 267 g/mol. The maximum Gasteiger partial charge on any atom is 0.303 e. The van der Waals surface area contributed by atoms with Crippen LogP contribution in [0.3, 0.4) is 0 Å². The van der Waals surface area contributed by atoms with Crippen molar-refractivity contribution < 1.29 is 18.7 Å². The topological polar surface area (TPSA) is 81.1 Å². The molecule has 0 aliphatic heterocycles. The first kappa shape index (κ1) is 13.0. The van der Waals surface area contributed by atoms with Gasteiger partial charge in [0.1, 0.15) is 5.82 Å². The predicted molar refractivity (Wildman–Crippen MR) is 63.8 cm³/mol. The Labute approximate surface area is 107 Å². The lowest BCUT2D eigenvalue weighted by molar-refractivity contribution is -0.136. The van der Waals surface area contributed by atoms with Crippen LogP contribution in [0.2, 0.25) is 0 Å². The van der Waals surface area contributed by atoms with Gasteiger partial charge in [-0.1, -0.05) is 0 Å². The second-order valence-electron chi connectivity index (χ2n) is 3.96. The molecule has 19 heavy (non-hydrogen) atoms. The number of carboxylic acid groups (broad SMARTS) is 1. The summed E-state index contributed by atoms with van der Waals surface area (Å²) in [5.74, 6) is -2.67. The van der Waals surface area contributed by atoms with E-state index >= 15 is 0 Å². The molecule has 2 aromatic rings. The summed E-state index contributed by atoms with van der Waals surface area (Å²) in [7, 11) is 0. The smallest absolute Gasteiger partial charge is 0.303 e. The molecule has 0 spiro atoms. The Morgan fingerprint density at radius 3 is 2.68 bits per heavy atom. The zero-order valence-electron chi connectivity index (χ0n) is 9.81. The normalized spacial score (nSPS) is 10.6. The number of nitrogens with two attached hydrogens (primary N) is 1. The molecule has 100 valence electrons. The zero-order chi connectivity index (χ0) is 14.0. The number of carbonyl (C=O) groups is 1. The van der Waals surface area contributed by atoms with E-state index in [0.717, 1.165) is 12.1 Å². The van der Waals surface area contributed by atoms with E-state index in [1.165, 1.54) is 16.8 Å². The van der Waals surface area contributed by atoms with Crippen LogP contribution in [0.1, 0.15) is 12.1 Å². The zero-order valence-corrected chi connectivity index (χ0v) is 9.81. The highest BCUT2D eigenvalue weighted by molar-refractivity contribution is 5.67. The van der Waals surface area contributed by atoms with Gasteiger partial charge in [0.05, 0.1) is 17.8 Å². The van der Waals surface area contributed by atoms with Crippen molar-refractivity contribution >= 4 is 11.8 Å². The number of hydrogen-bond acceptors (Lipinski definition) is 3. The Bertz CT molecular complexity index is 625. The molecule has 0 bridgehead atoms. The summed E-state index contributed by atoms with van der Waals surface area (Å²) in [6.45, 7) is 0. The van der Waals surface area contributed by atoms with Gasteiger partial charge >= 0.3 is 5.97 Å². The third-order valence-electron chi connectivity index (χ3n) is 2.53. The van der Waals surface area contributed by atoms with Crippen LogP contribution >= 0.6 is 0 Å². The number of aryl methyl sites for hydroxylation is 1. The van der Waals surface area contributed by atoms with Crippen LogP contribution in [0.5, 0.6) is 0 Å². The van der Waals surface area contributed by atoms with Crippen molar-refractivity contribution in [1.29, 1.82) is 0 Å². The molecular formula is C12H11F2N3O2. The summed E-state index contributed by atoms with van der Waals surface area (Å²) in [6, 6.07) is 4.79. The van der Waals surface area contributed by atoms with Crippen LogP contribution in [-0.2, 0) is 11.2 Å². The highest BCUT2D eigenvalue weighted by Gasteiger charge is 2.10. The molecule has 5 nitrogen and oxygen atoms in total. The van der Waals surface area contributed by atoms with Crippen LogP contribution in [0, 0.1) is 11.6 Å². The van der Waals surface area contributed by atoms with Gasteiger partial charge in [-0.2, -0.15) is 5.10 Å². The minimum absolute atomic E-state index is 0.0752. The SMILES string of the molecule is Nc1cc(CCC(=O)O)nn1-c1ccc(F)c(F)c1. The summed E-state index contributed by atoms with van der Waals surface area (Å²) in [6.07, 6.45) is 0.143. The molecule has 1 heterocycles. The van der Waals surface area contributed by atoms with Crippen LogP contribution in [0.4, 0.5) is 14.6 Å². The number of halogens is 2. The van der Waals surface area contributed by atoms with Crippen LogP contribution < -0.4 is 5.73 Å². The summed E-state index contributed by atoms with van der Waals surface area (Å²) < 4.78 is 27.2. The van der Waals surface area contributed by atoms with Crippen molar-refractivity contribution in [2.45, 2.75) is 12.8 Å². The number of aromatic nitrogens is 2. The van der Waals surface area contributed by atoms with Crippen molar-refractivity contribution in [3.05, 3.63) is 41.6 Å². The third kappa shape index (κ3) is 2.87. The van der Waals surface area contributed by atoms with Gasteiger partial charge in [-0.05, 0) is 12.1 Å². The van der Waals surface area contributed by atoms with E-state index in [-0.39, 0.29) is 24.3 Å². The van der Waals surface area contributed by atoms with E-state index in [9.17, 15) is 13.6 Å². The largest absolute Gasteiger partial charge is 0.481 e. The lowest BCUT2D eigenvalue weighted by Gasteiger charge is -2.04. The van der Waals surface area contributed by atoms with Crippen LogP contribution in [-0.4, -0.2) is 20.9 Å². The molecular weight excluding hydrogens is 256 g/mol. The number of carboxylic acids is 1. The van der Waals surface area contributed by atoms with E-state index in [4.69, 9.17) is 10.8 Å². The first-order valence-electron chi connectivity index (χ1n) is 5.49. The number of nitrogens with zero attached hydrogens (tertiary/aromatic N) is 2. The fourth-order valence-corrected chi connectivity index (χ4v) is 1.63. The Hall–Kier alpha value is -2.44. The Kier molecular flexibility index (Phi) is 3.46. The molecule has 0 amide bonds. The molecule has 0 aliphatic rings. The molecule has 0 aliphatic carbocycles.